The number of hydrogen-bond acceptors (Lipinski definition) is 2. The molecule has 18 heavy (non-hydrogen) atoms. The fourth-order valence-electron chi connectivity index (χ4n) is 2.32. The molecule has 1 aromatic rings. The molecule has 1 fully saturated rings. The summed E-state index contributed by atoms with van der Waals surface area (Å²) in [6.07, 6.45) is 2.83. The van der Waals surface area contributed by atoms with Gasteiger partial charge in [0.2, 0.25) is 5.91 Å². The maximum absolute atomic E-state index is 11.9. The van der Waals surface area contributed by atoms with Crippen LogP contribution in [-0.2, 0) is 11.2 Å². The van der Waals surface area contributed by atoms with Crippen LogP contribution in [0.3, 0.4) is 0 Å². The van der Waals surface area contributed by atoms with Crippen molar-refractivity contribution >= 4 is 17.5 Å². The second-order valence-electron chi connectivity index (χ2n) is 4.89. The van der Waals surface area contributed by atoms with Crippen molar-refractivity contribution in [1.29, 1.82) is 0 Å². The van der Waals surface area contributed by atoms with Crippen LogP contribution in [0.2, 0.25) is 5.02 Å². The largest absolute Gasteiger partial charge is 0.352 e. The minimum absolute atomic E-state index is 0.00758. The molecule has 0 bridgehead atoms. The van der Waals surface area contributed by atoms with Crippen molar-refractivity contribution in [1.82, 2.24) is 10.6 Å². The Labute approximate surface area is 113 Å². The van der Waals surface area contributed by atoms with Gasteiger partial charge >= 0.3 is 0 Å². The van der Waals surface area contributed by atoms with Crippen LogP contribution in [0.15, 0.2) is 24.3 Å². The minimum atomic E-state index is -0.00758. The van der Waals surface area contributed by atoms with E-state index in [1.54, 1.807) is 0 Å². The SMILES string of the molecule is CC(Cc1cccc(Cl)c1)NC(=O)C1CCCN1. The number of benzene rings is 1. The molecule has 1 amide bonds. The number of amides is 1. The predicted octanol–water partition coefficient (Wildman–Crippen LogP) is 2.14. The molecular weight excluding hydrogens is 248 g/mol. The molecule has 2 N–H and O–H groups in total. The van der Waals surface area contributed by atoms with Crippen LogP contribution in [0.25, 0.3) is 0 Å². The molecule has 1 heterocycles. The average molecular weight is 267 g/mol. The summed E-state index contributed by atoms with van der Waals surface area (Å²) in [6, 6.07) is 7.88. The number of hydrogen-bond donors (Lipinski definition) is 2. The third-order valence-electron chi connectivity index (χ3n) is 3.20. The number of rotatable bonds is 4. The molecule has 98 valence electrons. The first-order valence-electron chi connectivity index (χ1n) is 6.43. The van der Waals surface area contributed by atoms with Crippen molar-refractivity contribution in [2.45, 2.75) is 38.3 Å². The van der Waals surface area contributed by atoms with Crippen LogP contribution < -0.4 is 10.6 Å². The molecule has 2 atom stereocenters. The first-order valence-corrected chi connectivity index (χ1v) is 6.81. The first kappa shape index (κ1) is 13.4. The smallest absolute Gasteiger partial charge is 0.237 e. The summed E-state index contributed by atoms with van der Waals surface area (Å²) in [5, 5.41) is 6.99. The lowest BCUT2D eigenvalue weighted by Gasteiger charge is -2.17. The molecule has 1 aliphatic heterocycles. The topological polar surface area (TPSA) is 41.1 Å². The Hall–Kier alpha value is -1.06. The highest BCUT2D eigenvalue weighted by molar-refractivity contribution is 6.30. The first-order chi connectivity index (χ1) is 8.65. The molecule has 0 aliphatic carbocycles. The van der Waals surface area contributed by atoms with E-state index in [4.69, 9.17) is 11.6 Å². The van der Waals surface area contributed by atoms with Crippen molar-refractivity contribution in [2.75, 3.05) is 6.54 Å². The van der Waals surface area contributed by atoms with E-state index in [1.807, 2.05) is 31.2 Å². The number of halogens is 1. The van der Waals surface area contributed by atoms with E-state index in [0.29, 0.717) is 0 Å². The summed E-state index contributed by atoms with van der Waals surface area (Å²) in [5.41, 5.74) is 1.15. The molecule has 1 aliphatic rings. The van der Waals surface area contributed by atoms with E-state index in [-0.39, 0.29) is 18.0 Å². The zero-order valence-corrected chi connectivity index (χ0v) is 11.3. The van der Waals surface area contributed by atoms with E-state index in [0.717, 1.165) is 36.4 Å². The fraction of sp³-hybridized carbons (Fsp3) is 0.500. The summed E-state index contributed by atoms with van der Waals surface area (Å²) >= 11 is 5.94. The quantitative estimate of drug-likeness (QED) is 0.877. The van der Waals surface area contributed by atoms with Gasteiger partial charge in [-0.1, -0.05) is 23.7 Å². The highest BCUT2D eigenvalue weighted by Gasteiger charge is 2.22. The van der Waals surface area contributed by atoms with Crippen LogP contribution in [0.5, 0.6) is 0 Å². The van der Waals surface area contributed by atoms with Gasteiger partial charge in [-0.05, 0) is 50.4 Å². The van der Waals surface area contributed by atoms with Crippen LogP contribution in [0.4, 0.5) is 0 Å². The molecular formula is C14H19ClN2O. The summed E-state index contributed by atoms with van der Waals surface area (Å²) < 4.78 is 0. The van der Waals surface area contributed by atoms with E-state index in [1.165, 1.54) is 0 Å². The van der Waals surface area contributed by atoms with Crippen LogP contribution in [0.1, 0.15) is 25.3 Å². The van der Waals surface area contributed by atoms with E-state index >= 15 is 0 Å². The molecule has 0 saturated carbocycles. The Morgan fingerprint density at radius 3 is 3.11 bits per heavy atom. The number of carbonyl (C=O) groups excluding carboxylic acids is 1. The molecule has 1 saturated heterocycles. The molecule has 3 nitrogen and oxygen atoms in total. The van der Waals surface area contributed by atoms with Crippen molar-refractivity contribution in [3.63, 3.8) is 0 Å². The van der Waals surface area contributed by atoms with Crippen LogP contribution >= 0.6 is 11.6 Å². The molecule has 1 aromatic carbocycles. The fourth-order valence-corrected chi connectivity index (χ4v) is 2.53. The van der Waals surface area contributed by atoms with Gasteiger partial charge in [0, 0.05) is 11.1 Å². The molecule has 0 radical (unpaired) electrons. The Morgan fingerprint density at radius 1 is 1.61 bits per heavy atom. The zero-order chi connectivity index (χ0) is 13.0. The molecule has 2 unspecified atom stereocenters. The highest BCUT2D eigenvalue weighted by Crippen LogP contribution is 2.12. The van der Waals surface area contributed by atoms with Gasteiger partial charge in [-0.3, -0.25) is 4.79 Å². The lowest BCUT2D eigenvalue weighted by Crippen LogP contribution is -2.44. The van der Waals surface area contributed by atoms with Crippen LogP contribution in [-0.4, -0.2) is 24.5 Å². The normalized spacial score (nSPS) is 20.7. The van der Waals surface area contributed by atoms with Gasteiger partial charge < -0.3 is 10.6 Å². The van der Waals surface area contributed by atoms with Gasteiger partial charge in [-0.25, -0.2) is 0 Å². The summed E-state index contributed by atoms with van der Waals surface area (Å²) in [6.45, 7) is 2.97. The maximum Gasteiger partial charge on any atom is 0.237 e. The minimum Gasteiger partial charge on any atom is -0.352 e. The van der Waals surface area contributed by atoms with Crippen molar-refractivity contribution in [3.8, 4) is 0 Å². The van der Waals surface area contributed by atoms with Gasteiger partial charge in [-0.15, -0.1) is 0 Å². The average Bonchev–Trinajstić information content (AvgIpc) is 2.81. The van der Waals surface area contributed by atoms with Crippen molar-refractivity contribution in [3.05, 3.63) is 34.9 Å². The molecule has 2 rings (SSSR count). The highest BCUT2D eigenvalue weighted by atomic mass is 35.5. The van der Waals surface area contributed by atoms with Gasteiger partial charge in [0.25, 0.3) is 0 Å². The molecule has 0 aromatic heterocycles. The van der Waals surface area contributed by atoms with Gasteiger partial charge in [0.15, 0.2) is 0 Å². The Kier molecular flexibility index (Phi) is 4.61. The van der Waals surface area contributed by atoms with E-state index < -0.39 is 0 Å². The summed E-state index contributed by atoms with van der Waals surface area (Å²) in [5.74, 6) is 0.113. The van der Waals surface area contributed by atoms with Gasteiger partial charge in [0.05, 0.1) is 6.04 Å². The predicted molar refractivity (Wildman–Crippen MR) is 73.8 cm³/mol. The Balaban J connectivity index is 1.84. The van der Waals surface area contributed by atoms with Crippen molar-refractivity contribution in [2.24, 2.45) is 0 Å². The summed E-state index contributed by atoms with van der Waals surface area (Å²) in [4.78, 5) is 11.9. The third-order valence-corrected chi connectivity index (χ3v) is 3.43. The van der Waals surface area contributed by atoms with E-state index in [9.17, 15) is 4.79 Å². The second-order valence-corrected chi connectivity index (χ2v) is 5.33. The van der Waals surface area contributed by atoms with Crippen molar-refractivity contribution < 1.29 is 4.79 Å². The number of carbonyl (C=O) groups is 1. The summed E-state index contributed by atoms with van der Waals surface area (Å²) in [7, 11) is 0. The third kappa shape index (κ3) is 3.72. The Bertz CT molecular complexity index is 416. The molecule has 0 spiro atoms. The number of nitrogens with one attached hydrogen (secondary N) is 2. The van der Waals surface area contributed by atoms with Crippen LogP contribution in [0, 0.1) is 0 Å². The maximum atomic E-state index is 11.9. The van der Waals surface area contributed by atoms with Gasteiger partial charge in [-0.2, -0.15) is 0 Å². The zero-order valence-electron chi connectivity index (χ0n) is 10.6. The van der Waals surface area contributed by atoms with Gasteiger partial charge in [0.1, 0.15) is 0 Å². The lowest BCUT2D eigenvalue weighted by atomic mass is 10.1. The second kappa shape index (κ2) is 6.21. The Morgan fingerprint density at radius 2 is 2.44 bits per heavy atom. The monoisotopic (exact) mass is 266 g/mol. The molecule has 4 heteroatoms. The lowest BCUT2D eigenvalue weighted by molar-refractivity contribution is -0.123. The standard InChI is InChI=1S/C14H19ClN2O/c1-10(8-11-4-2-5-12(15)9-11)17-14(18)13-6-3-7-16-13/h2,4-5,9-10,13,16H,3,6-8H2,1H3,(H,17,18). The van der Waals surface area contributed by atoms with E-state index in [2.05, 4.69) is 10.6 Å².